The summed E-state index contributed by atoms with van der Waals surface area (Å²) in [5, 5.41) is 3.59. The number of rotatable bonds is 6. The lowest BCUT2D eigenvalue weighted by atomic mass is 9.78. The summed E-state index contributed by atoms with van der Waals surface area (Å²) in [5.41, 5.74) is 1.54. The summed E-state index contributed by atoms with van der Waals surface area (Å²) >= 11 is 0. The second-order valence-electron chi connectivity index (χ2n) is 5.11. The second kappa shape index (κ2) is 6.06. The van der Waals surface area contributed by atoms with Crippen LogP contribution in [0.2, 0.25) is 0 Å². The number of ether oxygens (including phenoxy) is 1. The molecule has 0 heterocycles. The fourth-order valence-electron chi connectivity index (χ4n) is 2.07. The van der Waals surface area contributed by atoms with Gasteiger partial charge in [0.05, 0.1) is 7.11 Å². The Balaban J connectivity index is 3.04. The lowest BCUT2D eigenvalue weighted by Gasteiger charge is -2.34. The Bertz CT molecular complexity index is 347. The Labute approximate surface area is 105 Å². The van der Waals surface area contributed by atoms with Crippen molar-refractivity contribution in [3.05, 3.63) is 29.8 Å². The molecule has 1 N–H and O–H groups in total. The van der Waals surface area contributed by atoms with Crippen LogP contribution >= 0.6 is 0 Å². The standard InChI is InChI=1S/C15H25NO/c1-6-15(3,4)14(16-7-2)12-9-8-10-13(11-12)17-5/h8-11,14,16H,6-7H2,1-5H3. The first kappa shape index (κ1) is 14.0. The topological polar surface area (TPSA) is 21.3 Å². The molecule has 2 nitrogen and oxygen atoms in total. The van der Waals surface area contributed by atoms with Crippen LogP contribution in [0.1, 0.15) is 45.7 Å². The molecular weight excluding hydrogens is 210 g/mol. The number of hydrogen-bond donors (Lipinski definition) is 1. The van der Waals surface area contributed by atoms with Gasteiger partial charge in [-0.05, 0) is 36.1 Å². The Kier molecular flexibility index (Phi) is 5.01. The van der Waals surface area contributed by atoms with Gasteiger partial charge in [-0.2, -0.15) is 0 Å². The third-order valence-electron chi connectivity index (χ3n) is 3.53. The Morgan fingerprint density at radius 3 is 2.53 bits per heavy atom. The highest BCUT2D eigenvalue weighted by Crippen LogP contribution is 2.37. The van der Waals surface area contributed by atoms with E-state index in [1.807, 2.05) is 6.07 Å². The van der Waals surface area contributed by atoms with Gasteiger partial charge in [0.15, 0.2) is 0 Å². The molecule has 96 valence electrons. The van der Waals surface area contributed by atoms with Gasteiger partial charge in [-0.25, -0.2) is 0 Å². The smallest absolute Gasteiger partial charge is 0.119 e. The van der Waals surface area contributed by atoms with Gasteiger partial charge in [0, 0.05) is 6.04 Å². The molecular formula is C15H25NO. The first-order chi connectivity index (χ1) is 8.05. The zero-order valence-electron chi connectivity index (χ0n) is 11.7. The van der Waals surface area contributed by atoms with E-state index in [0.29, 0.717) is 6.04 Å². The van der Waals surface area contributed by atoms with Gasteiger partial charge >= 0.3 is 0 Å². The monoisotopic (exact) mass is 235 g/mol. The van der Waals surface area contributed by atoms with Gasteiger partial charge in [-0.15, -0.1) is 0 Å². The van der Waals surface area contributed by atoms with E-state index in [1.54, 1.807) is 7.11 Å². The summed E-state index contributed by atoms with van der Waals surface area (Å²) in [6, 6.07) is 8.72. The van der Waals surface area contributed by atoms with Crippen LogP contribution in [0, 0.1) is 5.41 Å². The van der Waals surface area contributed by atoms with Crippen LogP contribution in [-0.4, -0.2) is 13.7 Å². The largest absolute Gasteiger partial charge is 0.497 e. The van der Waals surface area contributed by atoms with E-state index in [-0.39, 0.29) is 5.41 Å². The molecule has 0 aliphatic rings. The van der Waals surface area contributed by atoms with Crippen molar-refractivity contribution in [3.8, 4) is 5.75 Å². The number of methoxy groups -OCH3 is 1. The first-order valence-electron chi connectivity index (χ1n) is 6.42. The van der Waals surface area contributed by atoms with Gasteiger partial charge in [0.1, 0.15) is 5.75 Å². The van der Waals surface area contributed by atoms with Crippen molar-refractivity contribution < 1.29 is 4.74 Å². The average Bonchev–Trinajstić information content (AvgIpc) is 2.35. The van der Waals surface area contributed by atoms with Crippen molar-refractivity contribution in [2.24, 2.45) is 5.41 Å². The minimum Gasteiger partial charge on any atom is -0.497 e. The summed E-state index contributed by atoms with van der Waals surface area (Å²) < 4.78 is 5.30. The van der Waals surface area contributed by atoms with E-state index >= 15 is 0 Å². The zero-order chi connectivity index (χ0) is 12.9. The van der Waals surface area contributed by atoms with E-state index in [4.69, 9.17) is 4.74 Å². The van der Waals surface area contributed by atoms with Crippen molar-refractivity contribution in [1.82, 2.24) is 5.32 Å². The third kappa shape index (κ3) is 3.47. The molecule has 17 heavy (non-hydrogen) atoms. The Morgan fingerprint density at radius 2 is 2.00 bits per heavy atom. The molecule has 0 saturated heterocycles. The van der Waals surface area contributed by atoms with Crippen LogP contribution in [0.3, 0.4) is 0 Å². The summed E-state index contributed by atoms with van der Waals surface area (Å²) in [4.78, 5) is 0. The average molecular weight is 235 g/mol. The third-order valence-corrected chi connectivity index (χ3v) is 3.53. The lowest BCUT2D eigenvalue weighted by Crippen LogP contribution is -2.33. The summed E-state index contributed by atoms with van der Waals surface area (Å²) in [5.74, 6) is 0.928. The molecule has 1 rings (SSSR count). The Morgan fingerprint density at radius 1 is 1.29 bits per heavy atom. The SMILES string of the molecule is CCNC(c1cccc(OC)c1)C(C)(C)CC. The van der Waals surface area contributed by atoms with Crippen molar-refractivity contribution in [2.75, 3.05) is 13.7 Å². The predicted octanol–water partition coefficient (Wildman–Crippen LogP) is 3.78. The van der Waals surface area contributed by atoms with Gasteiger partial charge in [0.25, 0.3) is 0 Å². The molecule has 1 unspecified atom stereocenters. The molecule has 0 aromatic heterocycles. The van der Waals surface area contributed by atoms with Crippen LogP contribution in [0.5, 0.6) is 5.75 Å². The predicted molar refractivity (Wildman–Crippen MR) is 73.5 cm³/mol. The van der Waals surface area contributed by atoms with E-state index in [2.05, 4.69) is 51.2 Å². The van der Waals surface area contributed by atoms with Gasteiger partial charge in [-0.3, -0.25) is 0 Å². The quantitative estimate of drug-likeness (QED) is 0.810. The maximum Gasteiger partial charge on any atom is 0.119 e. The Hall–Kier alpha value is -1.02. The van der Waals surface area contributed by atoms with Gasteiger partial charge in [-0.1, -0.05) is 39.8 Å². The molecule has 2 heteroatoms. The fraction of sp³-hybridized carbons (Fsp3) is 0.600. The highest BCUT2D eigenvalue weighted by molar-refractivity contribution is 5.31. The molecule has 0 bridgehead atoms. The van der Waals surface area contributed by atoms with Crippen LogP contribution in [0.4, 0.5) is 0 Å². The molecule has 0 fully saturated rings. The molecule has 0 aliphatic carbocycles. The van der Waals surface area contributed by atoms with Crippen LogP contribution in [0.25, 0.3) is 0 Å². The summed E-state index contributed by atoms with van der Waals surface area (Å²) in [6.07, 6.45) is 1.14. The van der Waals surface area contributed by atoms with E-state index < -0.39 is 0 Å². The van der Waals surface area contributed by atoms with Crippen LogP contribution in [-0.2, 0) is 0 Å². The van der Waals surface area contributed by atoms with E-state index in [1.165, 1.54) is 5.56 Å². The first-order valence-corrected chi connectivity index (χ1v) is 6.42. The molecule has 1 atom stereocenters. The van der Waals surface area contributed by atoms with Crippen LogP contribution in [0.15, 0.2) is 24.3 Å². The highest BCUT2D eigenvalue weighted by Gasteiger charge is 2.28. The molecule has 1 aromatic carbocycles. The normalized spacial score (nSPS) is 13.5. The zero-order valence-corrected chi connectivity index (χ0v) is 11.7. The van der Waals surface area contributed by atoms with Crippen molar-refractivity contribution in [3.63, 3.8) is 0 Å². The molecule has 0 amide bonds. The maximum atomic E-state index is 5.30. The van der Waals surface area contributed by atoms with Gasteiger partial charge in [0.2, 0.25) is 0 Å². The molecule has 0 saturated carbocycles. The highest BCUT2D eigenvalue weighted by atomic mass is 16.5. The minimum atomic E-state index is 0.238. The molecule has 0 aliphatic heterocycles. The van der Waals surface area contributed by atoms with Gasteiger partial charge < -0.3 is 10.1 Å². The second-order valence-corrected chi connectivity index (χ2v) is 5.11. The number of nitrogens with one attached hydrogen (secondary N) is 1. The minimum absolute atomic E-state index is 0.238. The van der Waals surface area contributed by atoms with E-state index in [9.17, 15) is 0 Å². The van der Waals surface area contributed by atoms with Crippen molar-refractivity contribution in [2.45, 2.75) is 40.2 Å². The lowest BCUT2D eigenvalue weighted by molar-refractivity contribution is 0.237. The van der Waals surface area contributed by atoms with Crippen molar-refractivity contribution in [1.29, 1.82) is 0 Å². The fourth-order valence-corrected chi connectivity index (χ4v) is 2.07. The molecule has 0 spiro atoms. The van der Waals surface area contributed by atoms with Crippen LogP contribution < -0.4 is 10.1 Å². The van der Waals surface area contributed by atoms with Crippen molar-refractivity contribution >= 4 is 0 Å². The summed E-state index contributed by atoms with van der Waals surface area (Å²) in [6.45, 7) is 9.98. The number of hydrogen-bond acceptors (Lipinski definition) is 2. The number of benzene rings is 1. The molecule has 1 aromatic rings. The summed E-state index contributed by atoms with van der Waals surface area (Å²) in [7, 11) is 1.71. The van der Waals surface area contributed by atoms with E-state index in [0.717, 1.165) is 18.7 Å². The molecule has 0 radical (unpaired) electrons. The maximum absolute atomic E-state index is 5.30.